The number of ether oxygens (including phenoxy) is 1. The molecule has 102 valence electrons. The average Bonchev–Trinajstić information content (AvgIpc) is 2.35. The molecule has 17 heavy (non-hydrogen) atoms. The smallest absolute Gasteiger partial charge is 0.0783 e. The molecule has 0 saturated heterocycles. The van der Waals surface area contributed by atoms with Crippen molar-refractivity contribution in [3.8, 4) is 0 Å². The highest BCUT2D eigenvalue weighted by Gasteiger charge is 2.29. The van der Waals surface area contributed by atoms with Crippen LogP contribution in [-0.2, 0) is 4.74 Å². The van der Waals surface area contributed by atoms with E-state index in [9.17, 15) is 0 Å². The molecule has 1 fully saturated rings. The number of hydrogen-bond acceptors (Lipinski definition) is 3. The predicted octanol–water partition coefficient (Wildman–Crippen LogP) is 3.46. The summed E-state index contributed by atoms with van der Waals surface area (Å²) in [6.45, 7) is 7.55. The van der Waals surface area contributed by atoms with Gasteiger partial charge < -0.3 is 10.1 Å². The molecule has 3 heteroatoms. The lowest BCUT2D eigenvalue weighted by Crippen LogP contribution is -2.50. The van der Waals surface area contributed by atoms with Crippen molar-refractivity contribution >= 4 is 11.8 Å². The third-order valence-corrected chi connectivity index (χ3v) is 5.34. The Morgan fingerprint density at radius 1 is 1.29 bits per heavy atom. The summed E-state index contributed by atoms with van der Waals surface area (Å²) in [6.07, 6.45) is 7.12. The topological polar surface area (TPSA) is 21.3 Å². The number of rotatable bonds is 7. The molecule has 1 N–H and O–H groups in total. The third kappa shape index (κ3) is 5.19. The first kappa shape index (κ1) is 15.3. The van der Waals surface area contributed by atoms with Crippen molar-refractivity contribution in [2.45, 2.75) is 69.8 Å². The Labute approximate surface area is 111 Å². The zero-order valence-electron chi connectivity index (χ0n) is 11.9. The Balaban J connectivity index is 2.37. The van der Waals surface area contributed by atoms with Crippen molar-refractivity contribution in [3.63, 3.8) is 0 Å². The van der Waals surface area contributed by atoms with Crippen LogP contribution in [0.1, 0.15) is 52.9 Å². The molecule has 1 aliphatic carbocycles. The van der Waals surface area contributed by atoms with Crippen LogP contribution in [0.15, 0.2) is 0 Å². The highest BCUT2D eigenvalue weighted by atomic mass is 32.2. The van der Waals surface area contributed by atoms with Gasteiger partial charge >= 0.3 is 0 Å². The predicted molar refractivity (Wildman–Crippen MR) is 77.9 cm³/mol. The van der Waals surface area contributed by atoms with Crippen molar-refractivity contribution in [2.24, 2.45) is 0 Å². The van der Waals surface area contributed by atoms with Gasteiger partial charge in [-0.3, -0.25) is 0 Å². The van der Waals surface area contributed by atoms with E-state index in [1.165, 1.54) is 37.9 Å². The van der Waals surface area contributed by atoms with E-state index in [2.05, 4.69) is 37.8 Å². The number of hydrogen-bond donors (Lipinski definition) is 1. The monoisotopic (exact) mass is 259 g/mol. The van der Waals surface area contributed by atoms with Crippen LogP contribution in [0.5, 0.6) is 0 Å². The van der Waals surface area contributed by atoms with E-state index in [0.717, 1.165) is 11.8 Å². The molecule has 0 aromatic carbocycles. The molecule has 1 saturated carbocycles. The Hall–Kier alpha value is 0.270. The second-order valence-electron chi connectivity index (χ2n) is 5.51. The van der Waals surface area contributed by atoms with Crippen LogP contribution in [0.2, 0.25) is 0 Å². The van der Waals surface area contributed by atoms with E-state index in [1.54, 1.807) is 0 Å². The summed E-state index contributed by atoms with van der Waals surface area (Å²) in [7, 11) is 1.82. The molecule has 0 aromatic heterocycles. The molecule has 2 nitrogen and oxygen atoms in total. The first-order valence-electron chi connectivity index (χ1n) is 7.00. The molecule has 1 unspecified atom stereocenters. The average molecular weight is 259 g/mol. The summed E-state index contributed by atoms with van der Waals surface area (Å²) in [5, 5.41) is 4.45. The van der Waals surface area contributed by atoms with Crippen LogP contribution >= 0.6 is 11.8 Å². The molecule has 1 atom stereocenters. The molecule has 0 spiro atoms. The SMILES string of the molecule is CCNC(CSC1CCCCC1)C(C)(C)OC. The van der Waals surface area contributed by atoms with Gasteiger partial charge in [-0.25, -0.2) is 0 Å². The fourth-order valence-corrected chi connectivity index (χ4v) is 4.01. The lowest BCUT2D eigenvalue weighted by molar-refractivity contribution is -0.00312. The maximum Gasteiger partial charge on any atom is 0.0783 e. The summed E-state index contributed by atoms with van der Waals surface area (Å²) < 4.78 is 5.62. The van der Waals surface area contributed by atoms with Crippen molar-refractivity contribution in [1.29, 1.82) is 0 Å². The van der Waals surface area contributed by atoms with Crippen molar-refractivity contribution in [2.75, 3.05) is 19.4 Å². The second kappa shape index (κ2) is 7.65. The quantitative estimate of drug-likeness (QED) is 0.756. The summed E-state index contributed by atoms with van der Waals surface area (Å²) in [5.41, 5.74) is -0.0717. The van der Waals surface area contributed by atoms with Crippen LogP contribution in [0.25, 0.3) is 0 Å². The van der Waals surface area contributed by atoms with E-state index >= 15 is 0 Å². The maximum atomic E-state index is 5.62. The van der Waals surface area contributed by atoms with E-state index in [4.69, 9.17) is 4.74 Å². The van der Waals surface area contributed by atoms with Crippen molar-refractivity contribution in [3.05, 3.63) is 0 Å². The number of likely N-dealkylation sites (N-methyl/N-ethyl adjacent to an activating group) is 1. The van der Waals surface area contributed by atoms with E-state index in [1.807, 2.05) is 7.11 Å². The van der Waals surface area contributed by atoms with Crippen LogP contribution < -0.4 is 5.32 Å². The molecule has 0 aromatic rings. The summed E-state index contributed by atoms with van der Waals surface area (Å²) in [6, 6.07) is 0.449. The van der Waals surface area contributed by atoms with Crippen molar-refractivity contribution in [1.82, 2.24) is 5.32 Å². The van der Waals surface area contributed by atoms with Gasteiger partial charge in [0.25, 0.3) is 0 Å². The molecule has 1 aliphatic rings. The minimum atomic E-state index is -0.0717. The highest BCUT2D eigenvalue weighted by molar-refractivity contribution is 7.99. The van der Waals surface area contributed by atoms with Gasteiger partial charge in [0.1, 0.15) is 0 Å². The largest absolute Gasteiger partial charge is 0.377 e. The minimum Gasteiger partial charge on any atom is -0.377 e. The number of nitrogens with one attached hydrogen (secondary N) is 1. The lowest BCUT2D eigenvalue weighted by atomic mass is 10.00. The van der Waals surface area contributed by atoms with E-state index in [-0.39, 0.29) is 5.60 Å². The van der Waals surface area contributed by atoms with Gasteiger partial charge in [-0.2, -0.15) is 11.8 Å². The molecule has 0 bridgehead atoms. The van der Waals surface area contributed by atoms with Crippen LogP contribution in [0.4, 0.5) is 0 Å². The first-order chi connectivity index (χ1) is 8.10. The zero-order valence-corrected chi connectivity index (χ0v) is 12.7. The highest BCUT2D eigenvalue weighted by Crippen LogP contribution is 2.30. The summed E-state index contributed by atoms with van der Waals surface area (Å²) in [4.78, 5) is 0. The van der Waals surface area contributed by atoms with E-state index < -0.39 is 0 Å². The van der Waals surface area contributed by atoms with Gasteiger partial charge in [-0.15, -0.1) is 0 Å². The maximum absolute atomic E-state index is 5.62. The Bertz CT molecular complexity index is 202. The van der Waals surface area contributed by atoms with Gasteiger partial charge in [-0.05, 0) is 33.2 Å². The summed E-state index contributed by atoms with van der Waals surface area (Å²) >= 11 is 2.15. The lowest BCUT2D eigenvalue weighted by Gasteiger charge is -2.34. The van der Waals surface area contributed by atoms with Gasteiger partial charge in [-0.1, -0.05) is 26.2 Å². The number of thioether (sulfide) groups is 1. The molecule has 0 radical (unpaired) electrons. The van der Waals surface area contributed by atoms with Crippen LogP contribution in [-0.4, -0.2) is 36.3 Å². The van der Waals surface area contributed by atoms with Gasteiger partial charge in [0, 0.05) is 24.2 Å². The molecular formula is C14H29NOS. The van der Waals surface area contributed by atoms with Gasteiger partial charge in [0.15, 0.2) is 0 Å². The molecular weight excluding hydrogens is 230 g/mol. The molecule has 0 amide bonds. The molecule has 1 rings (SSSR count). The third-order valence-electron chi connectivity index (χ3n) is 3.87. The van der Waals surface area contributed by atoms with Crippen molar-refractivity contribution < 1.29 is 4.74 Å². The fourth-order valence-electron chi connectivity index (χ4n) is 2.36. The minimum absolute atomic E-state index is 0.0717. The number of methoxy groups -OCH3 is 1. The van der Waals surface area contributed by atoms with Crippen LogP contribution in [0, 0.1) is 0 Å². The Kier molecular flexibility index (Phi) is 6.90. The Morgan fingerprint density at radius 3 is 2.47 bits per heavy atom. The van der Waals surface area contributed by atoms with Gasteiger partial charge in [0.2, 0.25) is 0 Å². The van der Waals surface area contributed by atoms with Crippen LogP contribution in [0.3, 0.4) is 0 Å². The standard InChI is InChI=1S/C14H29NOS/c1-5-15-13(14(2,3)16-4)11-17-12-9-7-6-8-10-12/h12-13,15H,5-11H2,1-4H3. The molecule has 0 aliphatic heterocycles. The first-order valence-corrected chi connectivity index (χ1v) is 8.05. The molecule has 0 heterocycles. The second-order valence-corrected chi connectivity index (χ2v) is 6.84. The normalized spacial score (nSPS) is 20.5. The fraction of sp³-hybridized carbons (Fsp3) is 1.00. The van der Waals surface area contributed by atoms with E-state index in [0.29, 0.717) is 6.04 Å². The van der Waals surface area contributed by atoms with Gasteiger partial charge in [0.05, 0.1) is 5.60 Å². The summed E-state index contributed by atoms with van der Waals surface area (Å²) in [5.74, 6) is 1.17. The zero-order chi connectivity index (χ0) is 12.7. The Morgan fingerprint density at radius 2 is 1.94 bits per heavy atom.